The third-order valence-electron chi connectivity index (χ3n) is 6.68. The SMILES string of the molecule is COc1ccc2nccc(C(F)CC[C@@H]3CCN(CCCSc4cccnn4)C[C@@H]3C(=O)O)c2c1. The first-order valence-electron chi connectivity index (χ1n) is 12.0. The van der Waals surface area contributed by atoms with E-state index in [4.69, 9.17) is 4.74 Å². The molecule has 0 bridgehead atoms. The fourth-order valence-electron chi connectivity index (χ4n) is 4.79. The number of piperidine rings is 1. The van der Waals surface area contributed by atoms with Gasteiger partial charge in [-0.2, -0.15) is 5.10 Å². The van der Waals surface area contributed by atoms with Crippen LogP contribution in [0, 0.1) is 11.8 Å². The quantitative estimate of drug-likeness (QED) is 0.291. The molecule has 3 heterocycles. The Bertz CT molecular complexity index is 1120. The first-order chi connectivity index (χ1) is 17.0. The largest absolute Gasteiger partial charge is 0.497 e. The van der Waals surface area contributed by atoms with Crippen molar-refractivity contribution in [2.45, 2.75) is 36.9 Å². The molecule has 0 spiro atoms. The lowest BCUT2D eigenvalue weighted by molar-refractivity contribution is -0.146. The highest BCUT2D eigenvalue weighted by atomic mass is 32.2. The van der Waals surface area contributed by atoms with Gasteiger partial charge in [-0.05, 0) is 86.7 Å². The van der Waals surface area contributed by atoms with Crippen molar-refractivity contribution < 1.29 is 19.0 Å². The fraction of sp³-hybridized carbons (Fsp3) is 0.462. The smallest absolute Gasteiger partial charge is 0.308 e. The van der Waals surface area contributed by atoms with Crippen molar-refractivity contribution in [1.29, 1.82) is 0 Å². The van der Waals surface area contributed by atoms with E-state index in [-0.39, 0.29) is 5.92 Å². The zero-order chi connectivity index (χ0) is 24.6. The minimum atomic E-state index is -1.18. The molecule has 0 radical (unpaired) electrons. The molecular weight excluding hydrogens is 467 g/mol. The number of carboxylic acids is 1. The molecule has 35 heavy (non-hydrogen) atoms. The van der Waals surface area contributed by atoms with Crippen LogP contribution in [0.3, 0.4) is 0 Å². The second-order valence-electron chi connectivity index (χ2n) is 8.89. The number of hydrogen-bond donors (Lipinski definition) is 1. The molecule has 1 aliphatic heterocycles. The number of ether oxygens (including phenoxy) is 1. The van der Waals surface area contributed by atoms with Crippen LogP contribution in [0.25, 0.3) is 10.9 Å². The molecule has 186 valence electrons. The van der Waals surface area contributed by atoms with Crippen LogP contribution in [-0.2, 0) is 4.79 Å². The van der Waals surface area contributed by atoms with E-state index in [1.807, 2.05) is 30.3 Å². The number of hydrogen-bond acceptors (Lipinski definition) is 7. The Balaban J connectivity index is 1.30. The predicted molar refractivity (Wildman–Crippen MR) is 134 cm³/mol. The molecule has 4 rings (SSSR count). The Hall–Kier alpha value is -2.78. The number of aliphatic carboxylic acids is 1. The van der Waals surface area contributed by atoms with E-state index >= 15 is 4.39 Å². The van der Waals surface area contributed by atoms with E-state index in [2.05, 4.69) is 20.1 Å². The zero-order valence-electron chi connectivity index (χ0n) is 19.8. The summed E-state index contributed by atoms with van der Waals surface area (Å²) in [7, 11) is 1.58. The second-order valence-corrected chi connectivity index (χ2v) is 10.0. The average Bonchev–Trinajstić information content (AvgIpc) is 2.89. The van der Waals surface area contributed by atoms with Gasteiger partial charge in [0.05, 0.1) is 18.5 Å². The van der Waals surface area contributed by atoms with Crippen LogP contribution in [0.2, 0.25) is 0 Å². The van der Waals surface area contributed by atoms with Crippen LogP contribution in [0.1, 0.15) is 37.4 Å². The maximum atomic E-state index is 15.4. The van der Waals surface area contributed by atoms with Crippen molar-refractivity contribution in [3.63, 3.8) is 0 Å². The minimum absolute atomic E-state index is 0.0291. The van der Waals surface area contributed by atoms with Gasteiger partial charge in [-0.3, -0.25) is 9.78 Å². The Kier molecular flexibility index (Phi) is 8.87. The van der Waals surface area contributed by atoms with E-state index < -0.39 is 18.1 Å². The lowest BCUT2D eigenvalue weighted by Gasteiger charge is -2.36. The number of pyridine rings is 1. The number of halogens is 1. The summed E-state index contributed by atoms with van der Waals surface area (Å²) in [6, 6.07) is 11.0. The Morgan fingerprint density at radius 1 is 1.31 bits per heavy atom. The molecule has 3 aromatic rings. The number of benzene rings is 1. The number of thioether (sulfide) groups is 1. The summed E-state index contributed by atoms with van der Waals surface area (Å²) in [5.74, 6) is 0.275. The average molecular weight is 499 g/mol. The maximum Gasteiger partial charge on any atom is 0.308 e. The first-order valence-corrected chi connectivity index (χ1v) is 13.0. The van der Waals surface area contributed by atoms with Crippen molar-refractivity contribution in [3.05, 3.63) is 54.4 Å². The molecule has 1 saturated heterocycles. The number of alkyl halides is 1. The van der Waals surface area contributed by atoms with Crippen molar-refractivity contribution >= 4 is 28.6 Å². The molecule has 7 nitrogen and oxygen atoms in total. The maximum absolute atomic E-state index is 15.4. The number of nitrogens with zero attached hydrogens (tertiary/aromatic N) is 4. The summed E-state index contributed by atoms with van der Waals surface area (Å²) in [5, 5.41) is 19.5. The summed E-state index contributed by atoms with van der Waals surface area (Å²) >= 11 is 1.66. The van der Waals surface area contributed by atoms with Crippen LogP contribution in [-0.4, -0.2) is 63.7 Å². The second kappa shape index (κ2) is 12.3. The summed E-state index contributed by atoms with van der Waals surface area (Å²) < 4.78 is 20.7. The van der Waals surface area contributed by atoms with Crippen molar-refractivity contribution in [3.8, 4) is 5.75 Å². The molecule has 1 fully saturated rings. The van der Waals surface area contributed by atoms with E-state index in [0.29, 0.717) is 30.7 Å². The van der Waals surface area contributed by atoms with Gasteiger partial charge in [-0.15, -0.1) is 16.9 Å². The van der Waals surface area contributed by atoms with Crippen LogP contribution < -0.4 is 4.74 Å². The molecule has 1 aromatic carbocycles. The van der Waals surface area contributed by atoms with Crippen LogP contribution in [0.15, 0.2) is 53.8 Å². The molecule has 0 saturated carbocycles. The van der Waals surface area contributed by atoms with Gasteiger partial charge in [-0.25, -0.2) is 4.39 Å². The highest BCUT2D eigenvalue weighted by Gasteiger charge is 2.34. The van der Waals surface area contributed by atoms with Gasteiger partial charge >= 0.3 is 5.97 Å². The molecule has 0 amide bonds. The van der Waals surface area contributed by atoms with E-state index in [1.54, 1.807) is 37.3 Å². The molecule has 9 heteroatoms. The monoisotopic (exact) mass is 498 g/mol. The molecule has 0 aliphatic carbocycles. The minimum Gasteiger partial charge on any atom is -0.497 e. The van der Waals surface area contributed by atoms with Crippen molar-refractivity contribution in [2.24, 2.45) is 11.8 Å². The molecule has 1 N–H and O–H groups in total. The lowest BCUT2D eigenvalue weighted by Crippen LogP contribution is -2.44. The van der Waals surface area contributed by atoms with Gasteiger partial charge in [0.2, 0.25) is 0 Å². The van der Waals surface area contributed by atoms with E-state index in [1.165, 1.54) is 0 Å². The predicted octanol–water partition coefficient (Wildman–Crippen LogP) is 5.03. The highest BCUT2D eigenvalue weighted by molar-refractivity contribution is 7.99. The first kappa shape index (κ1) is 25.3. The van der Waals surface area contributed by atoms with Crippen molar-refractivity contribution in [1.82, 2.24) is 20.1 Å². The molecular formula is C26H31FN4O3S. The number of carboxylic acid groups (broad SMARTS) is 1. The normalized spacial score (nSPS) is 19.5. The van der Waals surface area contributed by atoms with Gasteiger partial charge in [0.1, 0.15) is 16.9 Å². The zero-order valence-corrected chi connectivity index (χ0v) is 20.7. The number of aromatic nitrogens is 3. The standard InChI is InChI=1S/C26H31FN4O3S/c1-34-19-6-8-24-21(16-19)20(9-12-28-24)23(27)7-5-18-10-14-31(17-22(18)26(32)33)13-3-15-35-25-4-2-11-29-30-25/h2,4,6,8-9,11-12,16,18,22-23H,3,5,7,10,13-15,17H2,1H3,(H,32,33)/t18-,22+,23?/m1/s1. The Morgan fingerprint density at radius 3 is 2.97 bits per heavy atom. The topological polar surface area (TPSA) is 88.4 Å². The van der Waals surface area contributed by atoms with Crippen molar-refractivity contribution in [2.75, 3.05) is 32.5 Å². The van der Waals surface area contributed by atoms with Crippen LogP contribution >= 0.6 is 11.8 Å². The third-order valence-corrected chi connectivity index (χ3v) is 7.69. The van der Waals surface area contributed by atoms with Crippen LogP contribution in [0.5, 0.6) is 5.75 Å². The van der Waals surface area contributed by atoms with Crippen LogP contribution in [0.4, 0.5) is 4.39 Å². The number of carbonyl (C=O) groups is 1. The molecule has 1 unspecified atom stereocenters. The molecule has 1 aliphatic rings. The number of fused-ring (bicyclic) bond motifs is 1. The van der Waals surface area contributed by atoms with E-state index in [0.717, 1.165) is 47.6 Å². The highest BCUT2D eigenvalue weighted by Crippen LogP contribution is 2.35. The lowest BCUT2D eigenvalue weighted by atomic mass is 9.81. The van der Waals surface area contributed by atoms with Gasteiger partial charge < -0.3 is 14.7 Å². The third kappa shape index (κ3) is 6.67. The molecule has 3 atom stereocenters. The summed E-state index contributed by atoms with van der Waals surface area (Å²) in [6.45, 7) is 2.21. The number of rotatable bonds is 11. The Labute approximate surface area is 209 Å². The van der Waals surface area contributed by atoms with Gasteiger partial charge in [0.15, 0.2) is 0 Å². The number of likely N-dealkylation sites (tertiary alicyclic amines) is 1. The summed E-state index contributed by atoms with van der Waals surface area (Å²) in [6.07, 6.45) is 4.65. The summed E-state index contributed by atoms with van der Waals surface area (Å²) in [4.78, 5) is 18.6. The summed E-state index contributed by atoms with van der Waals surface area (Å²) in [5.41, 5.74) is 1.30. The molecule has 2 aromatic heterocycles. The fourth-order valence-corrected chi connectivity index (χ4v) is 5.55. The van der Waals surface area contributed by atoms with E-state index in [9.17, 15) is 9.90 Å². The van der Waals surface area contributed by atoms with Gasteiger partial charge in [-0.1, -0.05) is 0 Å². The van der Waals surface area contributed by atoms with Gasteiger partial charge in [0, 0.05) is 30.1 Å². The number of methoxy groups -OCH3 is 1. The van der Waals surface area contributed by atoms with Gasteiger partial charge in [0.25, 0.3) is 0 Å². The Morgan fingerprint density at radius 2 is 2.20 bits per heavy atom.